The van der Waals surface area contributed by atoms with Crippen molar-refractivity contribution in [2.24, 2.45) is 5.10 Å². The number of carbonyl (C=O) groups excluding carboxylic acids is 2. The number of nitrogens with zero attached hydrogens (tertiary/aromatic N) is 3. The topological polar surface area (TPSA) is 53.0 Å². The van der Waals surface area contributed by atoms with E-state index in [1.807, 2.05) is 37.3 Å². The van der Waals surface area contributed by atoms with Crippen molar-refractivity contribution in [3.8, 4) is 0 Å². The van der Waals surface area contributed by atoms with E-state index in [0.717, 1.165) is 11.1 Å². The van der Waals surface area contributed by atoms with Gasteiger partial charge in [0.1, 0.15) is 11.5 Å². The highest BCUT2D eigenvalue weighted by atomic mass is 19.1. The van der Waals surface area contributed by atoms with Crippen molar-refractivity contribution in [1.29, 1.82) is 0 Å². The fourth-order valence-electron chi connectivity index (χ4n) is 2.98. The van der Waals surface area contributed by atoms with Crippen molar-refractivity contribution in [3.05, 3.63) is 71.5 Å². The lowest BCUT2D eigenvalue weighted by molar-refractivity contribution is -0.132. The monoisotopic (exact) mass is 367 g/mol. The summed E-state index contributed by atoms with van der Waals surface area (Å²) in [4.78, 5) is 26.6. The van der Waals surface area contributed by atoms with Crippen LogP contribution in [0.5, 0.6) is 0 Å². The van der Waals surface area contributed by atoms with Gasteiger partial charge in [-0.15, -0.1) is 0 Å². The van der Waals surface area contributed by atoms with E-state index in [1.54, 1.807) is 24.1 Å². The number of hydrogen-bond acceptors (Lipinski definition) is 3. The van der Waals surface area contributed by atoms with Crippen molar-refractivity contribution < 1.29 is 14.0 Å². The minimum absolute atomic E-state index is 0.0929. The highest BCUT2D eigenvalue weighted by Gasteiger charge is 2.28. The summed E-state index contributed by atoms with van der Waals surface area (Å²) in [6, 6.07) is 15.4. The molecule has 1 atom stereocenters. The van der Waals surface area contributed by atoms with Gasteiger partial charge in [0.15, 0.2) is 0 Å². The first-order valence-corrected chi connectivity index (χ1v) is 8.90. The highest BCUT2D eigenvalue weighted by molar-refractivity contribution is 6.39. The van der Waals surface area contributed by atoms with E-state index in [9.17, 15) is 14.0 Å². The Hall–Kier alpha value is -3.02. The third-order valence-corrected chi connectivity index (χ3v) is 4.78. The van der Waals surface area contributed by atoms with E-state index in [2.05, 4.69) is 5.10 Å². The molecule has 0 spiro atoms. The van der Waals surface area contributed by atoms with E-state index >= 15 is 0 Å². The van der Waals surface area contributed by atoms with E-state index in [4.69, 9.17) is 0 Å². The van der Waals surface area contributed by atoms with E-state index in [-0.39, 0.29) is 30.1 Å². The number of amides is 2. The summed E-state index contributed by atoms with van der Waals surface area (Å²) in [5, 5.41) is 5.68. The molecule has 1 aliphatic heterocycles. The lowest BCUT2D eigenvalue weighted by Gasteiger charge is -2.29. The first-order chi connectivity index (χ1) is 13.0. The molecular weight excluding hydrogens is 345 g/mol. The Labute approximate surface area is 158 Å². The minimum Gasteiger partial charge on any atom is -0.334 e. The molecule has 0 fully saturated rings. The molecule has 0 bridgehead atoms. The molecule has 0 unspecified atom stereocenters. The van der Waals surface area contributed by atoms with Crippen molar-refractivity contribution in [2.75, 3.05) is 7.05 Å². The fraction of sp³-hybridized carbons (Fsp3) is 0.286. The molecule has 0 radical (unpaired) electrons. The molecule has 2 amide bonds. The van der Waals surface area contributed by atoms with Crippen LogP contribution in [0.3, 0.4) is 0 Å². The summed E-state index contributed by atoms with van der Waals surface area (Å²) in [6.45, 7) is 2.22. The third kappa shape index (κ3) is 4.39. The second-order valence-corrected chi connectivity index (χ2v) is 6.63. The lowest BCUT2D eigenvalue weighted by atomic mass is 10.1. The maximum absolute atomic E-state index is 13.1. The van der Waals surface area contributed by atoms with Crippen molar-refractivity contribution in [2.45, 2.75) is 32.4 Å². The maximum Gasteiger partial charge on any atom is 0.270 e. The molecule has 1 heterocycles. The van der Waals surface area contributed by atoms with Gasteiger partial charge < -0.3 is 4.90 Å². The summed E-state index contributed by atoms with van der Waals surface area (Å²) >= 11 is 0. The van der Waals surface area contributed by atoms with Crippen molar-refractivity contribution in [3.63, 3.8) is 0 Å². The molecular formula is C21H22FN3O2. The van der Waals surface area contributed by atoms with Gasteiger partial charge in [0.25, 0.3) is 5.91 Å². The molecule has 2 aromatic carbocycles. The molecule has 2 aromatic rings. The van der Waals surface area contributed by atoms with Crippen LogP contribution in [-0.2, 0) is 16.1 Å². The van der Waals surface area contributed by atoms with Crippen LogP contribution in [0.25, 0.3) is 0 Å². The largest absolute Gasteiger partial charge is 0.334 e. The van der Waals surface area contributed by atoms with Crippen molar-refractivity contribution in [1.82, 2.24) is 9.91 Å². The third-order valence-electron chi connectivity index (χ3n) is 4.78. The highest BCUT2D eigenvalue weighted by Crippen LogP contribution is 2.21. The first kappa shape index (κ1) is 18.8. The second kappa shape index (κ2) is 8.12. The van der Waals surface area contributed by atoms with Gasteiger partial charge in [-0.25, -0.2) is 9.40 Å². The fourth-order valence-corrected chi connectivity index (χ4v) is 2.98. The van der Waals surface area contributed by atoms with Crippen LogP contribution >= 0.6 is 0 Å². The van der Waals surface area contributed by atoms with Crippen LogP contribution in [0.1, 0.15) is 36.9 Å². The molecule has 3 rings (SSSR count). The van der Waals surface area contributed by atoms with Gasteiger partial charge in [-0.1, -0.05) is 42.5 Å². The number of halogens is 1. The Morgan fingerprint density at radius 2 is 1.81 bits per heavy atom. The van der Waals surface area contributed by atoms with Gasteiger partial charge in [-0.2, -0.15) is 5.10 Å². The Balaban J connectivity index is 1.75. The predicted molar refractivity (Wildman–Crippen MR) is 101 cm³/mol. The summed E-state index contributed by atoms with van der Waals surface area (Å²) in [5.41, 5.74) is 2.15. The summed E-state index contributed by atoms with van der Waals surface area (Å²) in [7, 11) is 1.69. The summed E-state index contributed by atoms with van der Waals surface area (Å²) in [6.07, 6.45) is 0.583. The van der Waals surface area contributed by atoms with Crippen LogP contribution < -0.4 is 0 Å². The molecule has 0 aromatic heterocycles. The standard InChI is InChI=1S/C21H22FN3O2/c1-15(17-8-10-18(22)11-9-17)24(2)21(27)19-12-13-20(26)25(23-19)14-16-6-4-3-5-7-16/h3-11,15H,12-14H2,1-2H3/t15-/m0/s1. The van der Waals surface area contributed by atoms with E-state index < -0.39 is 0 Å². The molecule has 0 saturated heterocycles. The number of hydrogen-bond donors (Lipinski definition) is 0. The van der Waals surface area contributed by atoms with E-state index in [0.29, 0.717) is 18.7 Å². The first-order valence-electron chi connectivity index (χ1n) is 8.90. The second-order valence-electron chi connectivity index (χ2n) is 6.63. The van der Waals surface area contributed by atoms with Gasteiger partial charge >= 0.3 is 0 Å². The van der Waals surface area contributed by atoms with Crippen LogP contribution in [0, 0.1) is 5.82 Å². The quantitative estimate of drug-likeness (QED) is 0.812. The zero-order valence-electron chi connectivity index (χ0n) is 15.4. The molecule has 6 heteroatoms. The predicted octanol–water partition coefficient (Wildman–Crippen LogP) is 3.52. The SMILES string of the molecule is C[C@@H](c1ccc(F)cc1)N(C)C(=O)C1=NN(Cc2ccccc2)C(=O)CC1. The average Bonchev–Trinajstić information content (AvgIpc) is 2.69. The Bertz CT molecular complexity index is 849. The molecule has 5 nitrogen and oxygen atoms in total. The van der Waals surface area contributed by atoms with Crippen molar-refractivity contribution >= 4 is 17.5 Å². The smallest absolute Gasteiger partial charge is 0.270 e. The lowest BCUT2D eigenvalue weighted by Crippen LogP contribution is -2.40. The van der Waals surface area contributed by atoms with Crippen LogP contribution in [0.15, 0.2) is 59.7 Å². The number of rotatable bonds is 5. The zero-order chi connectivity index (χ0) is 19.4. The van der Waals surface area contributed by atoms with E-state index in [1.165, 1.54) is 17.1 Å². The zero-order valence-corrected chi connectivity index (χ0v) is 15.4. The Morgan fingerprint density at radius 3 is 2.48 bits per heavy atom. The Kier molecular flexibility index (Phi) is 5.64. The molecule has 27 heavy (non-hydrogen) atoms. The summed E-state index contributed by atoms with van der Waals surface area (Å²) < 4.78 is 13.1. The van der Waals surface area contributed by atoms with Gasteiger partial charge in [0, 0.05) is 19.9 Å². The molecule has 0 aliphatic carbocycles. The number of hydrazone groups is 1. The van der Waals surface area contributed by atoms with Crippen LogP contribution in [-0.4, -0.2) is 34.5 Å². The maximum atomic E-state index is 13.1. The number of carbonyl (C=O) groups is 2. The molecule has 0 N–H and O–H groups in total. The van der Waals surface area contributed by atoms with Gasteiger partial charge in [-0.3, -0.25) is 9.59 Å². The molecule has 1 aliphatic rings. The Morgan fingerprint density at radius 1 is 1.15 bits per heavy atom. The van der Waals surface area contributed by atoms with Crippen LogP contribution in [0.4, 0.5) is 4.39 Å². The normalized spacial score (nSPS) is 15.3. The number of benzene rings is 2. The van der Waals surface area contributed by atoms with Gasteiger partial charge in [0.2, 0.25) is 5.91 Å². The van der Waals surface area contributed by atoms with Gasteiger partial charge in [0.05, 0.1) is 12.6 Å². The molecule has 140 valence electrons. The van der Waals surface area contributed by atoms with Crippen LogP contribution in [0.2, 0.25) is 0 Å². The minimum atomic E-state index is -0.313. The van der Waals surface area contributed by atoms with Gasteiger partial charge in [-0.05, 0) is 30.2 Å². The molecule has 0 saturated carbocycles. The average molecular weight is 367 g/mol. The summed E-state index contributed by atoms with van der Waals surface area (Å²) in [5.74, 6) is -0.631.